The molecule has 0 atom stereocenters. The zero-order valence-electron chi connectivity index (χ0n) is 12.6. The molecule has 1 N–H and O–H groups in total. The van der Waals surface area contributed by atoms with Gasteiger partial charge in [0.1, 0.15) is 5.82 Å². The van der Waals surface area contributed by atoms with E-state index in [9.17, 15) is 9.18 Å². The number of anilines is 3. The molecule has 3 rings (SSSR count). The maximum atomic E-state index is 13.2. The van der Waals surface area contributed by atoms with Gasteiger partial charge in [0.05, 0.1) is 10.7 Å². The van der Waals surface area contributed by atoms with Gasteiger partial charge >= 0.3 is 6.03 Å². The number of pyridine rings is 1. The fraction of sp³-hybridized carbons (Fsp3) is 0.250. The Morgan fingerprint density at radius 1 is 1.39 bits per heavy atom. The van der Waals surface area contributed by atoms with E-state index >= 15 is 0 Å². The lowest BCUT2D eigenvalue weighted by molar-refractivity contribution is 0.256. The van der Waals surface area contributed by atoms with E-state index in [1.54, 1.807) is 17.2 Å². The summed E-state index contributed by atoms with van der Waals surface area (Å²) in [5, 5.41) is 2.72. The second kappa shape index (κ2) is 6.42. The highest BCUT2D eigenvalue weighted by Crippen LogP contribution is 2.31. The number of halogens is 2. The van der Waals surface area contributed by atoms with Crippen molar-refractivity contribution >= 4 is 34.8 Å². The average molecular weight is 335 g/mol. The maximum Gasteiger partial charge on any atom is 0.326 e. The minimum atomic E-state index is -0.518. The third-order valence-electron chi connectivity index (χ3n) is 3.75. The number of rotatable bonds is 2. The Bertz CT molecular complexity index is 740. The van der Waals surface area contributed by atoms with Crippen LogP contribution in [0.15, 0.2) is 36.5 Å². The van der Waals surface area contributed by atoms with Crippen molar-refractivity contribution in [1.82, 2.24) is 4.98 Å². The standard InChI is InChI=1S/C16H16ClFN4O/c1-2-21-8-9-22(14-4-3-7-19-15(14)21)16(23)20-11-5-6-13(18)12(17)10-11/h3-7,10H,2,8-9H2,1H3,(H,20,23). The van der Waals surface area contributed by atoms with Gasteiger partial charge in [0, 0.05) is 31.5 Å². The van der Waals surface area contributed by atoms with Crippen LogP contribution in [0.2, 0.25) is 5.02 Å². The number of carbonyl (C=O) groups is 1. The molecule has 5 nitrogen and oxygen atoms in total. The topological polar surface area (TPSA) is 48.5 Å². The number of likely N-dealkylation sites (N-methyl/N-ethyl adjacent to an activating group) is 1. The third kappa shape index (κ3) is 3.07. The summed E-state index contributed by atoms with van der Waals surface area (Å²) in [5.74, 6) is 0.268. The van der Waals surface area contributed by atoms with Gasteiger partial charge in [0.25, 0.3) is 0 Å². The van der Waals surface area contributed by atoms with Crippen molar-refractivity contribution in [3.05, 3.63) is 47.4 Å². The lowest BCUT2D eigenvalue weighted by atomic mass is 10.2. The predicted octanol–water partition coefficient (Wildman–Crippen LogP) is 3.75. The van der Waals surface area contributed by atoms with Crippen molar-refractivity contribution in [3.8, 4) is 0 Å². The van der Waals surface area contributed by atoms with Crippen LogP contribution < -0.4 is 15.1 Å². The van der Waals surface area contributed by atoms with Crippen LogP contribution in [-0.2, 0) is 0 Å². The van der Waals surface area contributed by atoms with E-state index in [0.717, 1.165) is 18.1 Å². The zero-order chi connectivity index (χ0) is 16.4. The molecular weight excluding hydrogens is 319 g/mol. The Balaban J connectivity index is 1.84. The van der Waals surface area contributed by atoms with Crippen molar-refractivity contribution in [3.63, 3.8) is 0 Å². The van der Waals surface area contributed by atoms with Gasteiger partial charge in [0.2, 0.25) is 0 Å². The number of urea groups is 1. The highest BCUT2D eigenvalue weighted by Gasteiger charge is 2.27. The van der Waals surface area contributed by atoms with Crippen molar-refractivity contribution in [1.29, 1.82) is 0 Å². The summed E-state index contributed by atoms with van der Waals surface area (Å²) in [6.07, 6.45) is 1.71. The van der Waals surface area contributed by atoms with E-state index in [1.165, 1.54) is 18.2 Å². The molecule has 0 radical (unpaired) electrons. The predicted molar refractivity (Wildman–Crippen MR) is 89.9 cm³/mol. The molecule has 1 aliphatic rings. The minimum absolute atomic E-state index is 0.0272. The lowest BCUT2D eigenvalue weighted by Crippen LogP contribution is -2.46. The molecular formula is C16H16ClFN4O. The van der Waals surface area contributed by atoms with Crippen LogP contribution in [0.1, 0.15) is 6.92 Å². The summed E-state index contributed by atoms with van der Waals surface area (Å²) < 4.78 is 13.2. The van der Waals surface area contributed by atoms with Crippen molar-refractivity contribution in [2.24, 2.45) is 0 Å². The maximum absolute atomic E-state index is 13.2. The monoisotopic (exact) mass is 334 g/mol. The van der Waals surface area contributed by atoms with Crippen LogP contribution in [0.5, 0.6) is 0 Å². The Morgan fingerprint density at radius 3 is 2.96 bits per heavy atom. The molecule has 1 aromatic heterocycles. The molecule has 1 aromatic carbocycles. The SMILES string of the molecule is CCN1CCN(C(=O)Nc2ccc(F)c(Cl)c2)c2cccnc21. The van der Waals surface area contributed by atoms with E-state index in [2.05, 4.69) is 22.1 Å². The van der Waals surface area contributed by atoms with Crippen molar-refractivity contribution in [2.45, 2.75) is 6.92 Å². The van der Waals surface area contributed by atoms with Crippen LogP contribution in [0.3, 0.4) is 0 Å². The summed E-state index contributed by atoms with van der Waals surface area (Å²) in [6, 6.07) is 7.46. The molecule has 0 saturated heterocycles. The van der Waals surface area contributed by atoms with Crippen LogP contribution >= 0.6 is 11.6 Å². The van der Waals surface area contributed by atoms with E-state index < -0.39 is 5.82 Å². The first-order valence-electron chi connectivity index (χ1n) is 7.33. The highest BCUT2D eigenvalue weighted by atomic mass is 35.5. The number of hydrogen-bond acceptors (Lipinski definition) is 3. The molecule has 0 spiro atoms. The van der Waals surface area contributed by atoms with Gasteiger partial charge in [0.15, 0.2) is 5.82 Å². The number of nitrogens with zero attached hydrogens (tertiary/aromatic N) is 3. The Hall–Kier alpha value is -2.34. The molecule has 7 heteroatoms. The molecule has 0 aliphatic carbocycles. The molecule has 0 fully saturated rings. The summed E-state index contributed by atoms with van der Waals surface area (Å²) in [6.45, 7) is 4.13. The van der Waals surface area contributed by atoms with Gasteiger partial charge in [-0.2, -0.15) is 0 Å². The number of amides is 2. The Morgan fingerprint density at radius 2 is 2.22 bits per heavy atom. The van der Waals surface area contributed by atoms with Crippen molar-refractivity contribution < 1.29 is 9.18 Å². The zero-order valence-corrected chi connectivity index (χ0v) is 13.3. The summed E-state index contributed by atoms with van der Waals surface area (Å²) in [7, 11) is 0. The average Bonchev–Trinajstić information content (AvgIpc) is 2.57. The second-order valence-electron chi connectivity index (χ2n) is 5.14. The Kier molecular flexibility index (Phi) is 4.34. The van der Waals surface area contributed by atoms with Crippen LogP contribution in [0.25, 0.3) is 0 Å². The first-order chi connectivity index (χ1) is 11.1. The van der Waals surface area contributed by atoms with Gasteiger partial charge in [-0.1, -0.05) is 11.6 Å². The number of hydrogen-bond donors (Lipinski definition) is 1. The van der Waals surface area contributed by atoms with Gasteiger partial charge in [-0.3, -0.25) is 4.90 Å². The minimum Gasteiger partial charge on any atom is -0.353 e. The fourth-order valence-electron chi connectivity index (χ4n) is 2.57. The fourth-order valence-corrected chi connectivity index (χ4v) is 2.75. The number of fused-ring (bicyclic) bond motifs is 1. The van der Waals surface area contributed by atoms with Gasteiger partial charge < -0.3 is 10.2 Å². The van der Waals surface area contributed by atoms with Gasteiger partial charge in [-0.05, 0) is 37.3 Å². The van der Waals surface area contributed by atoms with Crippen LogP contribution in [0.4, 0.5) is 26.4 Å². The highest BCUT2D eigenvalue weighted by molar-refractivity contribution is 6.31. The molecule has 1 aliphatic heterocycles. The summed E-state index contributed by atoms with van der Waals surface area (Å²) in [5.41, 5.74) is 1.20. The largest absolute Gasteiger partial charge is 0.353 e. The molecule has 2 heterocycles. The van der Waals surface area contributed by atoms with E-state index in [4.69, 9.17) is 11.6 Å². The van der Waals surface area contributed by atoms with Gasteiger partial charge in [-0.25, -0.2) is 14.2 Å². The molecule has 23 heavy (non-hydrogen) atoms. The number of nitrogens with one attached hydrogen (secondary N) is 1. The Labute approximate surface area is 138 Å². The molecule has 0 bridgehead atoms. The lowest BCUT2D eigenvalue weighted by Gasteiger charge is -2.35. The normalized spacial score (nSPS) is 13.7. The van der Waals surface area contributed by atoms with Gasteiger partial charge in [-0.15, -0.1) is 0 Å². The smallest absolute Gasteiger partial charge is 0.326 e. The molecule has 0 saturated carbocycles. The molecule has 0 unspecified atom stereocenters. The molecule has 2 amide bonds. The van der Waals surface area contributed by atoms with Crippen molar-refractivity contribution in [2.75, 3.05) is 34.8 Å². The molecule has 120 valence electrons. The van der Waals surface area contributed by atoms with Crippen LogP contribution in [-0.4, -0.2) is 30.6 Å². The van der Waals surface area contributed by atoms with Crippen LogP contribution in [0, 0.1) is 5.82 Å². The molecule has 2 aromatic rings. The first-order valence-corrected chi connectivity index (χ1v) is 7.71. The quantitative estimate of drug-likeness (QED) is 0.909. The van der Waals surface area contributed by atoms with E-state index in [1.807, 2.05) is 6.07 Å². The third-order valence-corrected chi connectivity index (χ3v) is 4.04. The summed E-state index contributed by atoms with van der Waals surface area (Å²) in [4.78, 5) is 20.7. The number of aromatic nitrogens is 1. The first kappa shape index (κ1) is 15.6. The van der Waals surface area contributed by atoms with E-state index in [0.29, 0.717) is 18.8 Å². The van der Waals surface area contributed by atoms with E-state index in [-0.39, 0.29) is 11.1 Å². The summed E-state index contributed by atoms with van der Waals surface area (Å²) >= 11 is 5.75. The number of carbonyl (C=O) groups excluding carboxylic acids is 1. The number of benzene rings is 1. The second-order valence-corrected chi connectivity index (χ2v) is 5.54.